The Bertz CT molecular complexity index is 555. The molecule has 0 radical (unpaired) electrons. The summed E-state index contributed by atoms with van der Waals surface area (Å²) in [5.74, 6) is 0. The maximum atomic E-state index is 12.3. The van der Waals surface area contributed by atoms with Crippen LogP contribution in [-0.4, -0.2) is 20.0 Å². The third-order valence-electron chi connectivity index (χ3n) is 2.67. The fraction of sp³-hybridized carbons (Fsp3) is 0.455. The van der Waals surface area contributed by atoms with Crippen molar-refractivity contribution in [3.05, 3.63) is 34.9 Å². The summed E-state index contributed by atoms with van der Waals surface area (Å²) in [6.07, 6.45) is -2.54. The van der Waals surface area contributed by atoms with Crippen molar-refractivity contribution in [3.63, 3.8) is 0 Å². The smallest absolute Gasteiger partial charge is 0.307 e. The minimum atomic E-state index is -4.41. The van der Waals surface area contributed by atoms with Crippen molar-refractivity contribution in [2.75, 3.05) is 0 Å². The van der Waals surface area contributed by atoms with E-state index in [-0.39, 0.29) is 6.54 Å². The van der Waals surface area contributed by atoms with Gasteiger partial charge in [0.05, 0.1) is 5.69 Å². The minimum absolute atomic E-state index is 0.289. The maximum Gasteiger partial charge on any atom is 0.435 e. The third kappa shape index (κ3) is 3.34. The molecule has 0 atom stereocenters. The molecule has 2 heterocycles. The van der Waals surface area contributed by atoms with E-state index in [1.165, 1.54) is 0 Å². The summed E-state index contributed by atoms with van der Waals surface area (Å²) >= 11 is 0. The topological polar surface area (TPSA) is 58.5 Å². The monoisotopic (exact) mass is 273 g/mol. The van der Waals surface area contributed by atoms with Crippen LogP contribution in [0.5, 0.6) is 0 Å². The minimum Gasteiger partial charge on any atom is -0.307 e. The molecule has 0 unspecified atom stereocenters. The Labute approximate surface area is 107 Å². The molecule has 2 aromatic heterocycles. The van der Waals surface area contributed by atoms with Gasteiger partial charge in [-0.15, -0.1) is 0 Å². The van der Waals surface area contributed by atoms with Gasteiger partial charge in [0.25, 0.3) is 0 Å². The summed E-state index contributed by atoms with van der Waals surface area (Å²) in [6.45, 7) is 2.71. The van der Waals surface area contributed by atoms with E-state index in [4.69, 9.17) is 0 Å². The lowest BCUT2D eigenvalue weighted by Crippen LogP contribution is -2.13. The zero-order valence-electron chi connectivity index (χ0n) is 10.5. The highest BCUT2D eigenvalue weighted by atomic mass is 19.4. The van der Waals surface area contributed by atoms with Gasteiger partial charge in [-0.3, -0.25) is 9.78 Å². The number of hydrogen-bond acceptors (Lipinski definition) is 3. The largest absolute Gasteiger partial charge is 0.435 e. The Balaban J connectivity index is 1.89. The van der Waals surface area contributed by atoms with E-state index in [2.05, 4.69) is 20.6 Å². The summed E-state index contributed by atoms with van der Waals surface area (Å²) < 4.78 is 38.7. The van der Waals surface area contributed by atoms with Crippen LogP contribution in [-0.2, 0) is 26.3 Å². The van der Waals surface area contributed by atoms with Crippen molar-refractivity contribution in [2.45, 2.75) is 26.2 Å². The van der Waals surface area contributed by atoms with Crippen LogP contribution < -0.4 is 5.32 Å². The molecule has 5 nitrogen and oxygen atoms in total. The van der Waals surface area contributed by atoms with Gasteiger partial charge in [0.15, 0.2) is 5.69 Å². The second-order valence-corrected chi connectivity index (χ2v) is 4.29. The number of nitrogens with one attached hydrogen (secondary N) is 2. The summed E-state index contributed by atoms with van der Waals surface area (Å²) in [5.41, 5.74) is 1.41. The molecule has 0 saturated heterocycles. The Morgan fingerprint density at radius 3 is 2.63 bits per heavy atom. The average Bonchev–Trinajstić information content (AvgIpc) is 2.86. The number of aromatic nitrogens is 4. The highest BCUT2D eigenvalue weighted by molar-refractivity contribution is 5.15. The second kappa shape index (κ2) is 5.04. The molecule has 0 aliphatic carbocycles. The standard InChI is InChI=1S/C11H14F3N5/c1-7-8(6-19(2)18-7)4-15-5-9-3-10(17-16-9)11(12,13)14/h3,6,15H,4-5H2,1-2H3,(H,16,17). The fourth-order valence-electron chi connectivity index (χ4n) is 1.75. The molecule has 104 valence electrons. The molecule has 8 heteroatoms. The summed E-state index contributed by atoms with van der Waals surface area (Å²) in [4.78, 5) is 0. The van der Waals surface area contributed by atoms with E-state index >= 15 is 0 Å². The van der Waals surface area contributed by atoms with Gasteiger partial charge in [0.2, 0.25) is 0 Å². The Hall–Kier alpha value is -1.83. The normalized spacial score (nSPS) is 12.1. The highest BCUT2D eigenvalue weighted by Crippen LogP contribution is 2.27. The van der Waals surface area contributed by atoms with Gasteiger partial charge in [-0.2, -0.15) is 23.4 Å². The zero-order chi connectivity index (χ0) is 14.0. The van der Waals surface area contributed by atoms with Gasteiger partial charge < -0.3 is 5.32 Å². The van der Waals surface area contributed by atoms with Crippen LogP contribution in [0, 0.1) is 6.92 Å². The molecule has 0 bridgehead atoms. The number of nitrogens with zero attached hydrogens (tertiary/aromatic N) is 3. The fourth-order valence-corrected chi connectivity index (χ4v) is 1.75. The molecule has 0 aromatic carbocycles. The van der Waals surface area contributed by atoms with Crippen LogP contribution in [0.15, 0.2) is 12.3 Å². The maximum absolute atomic E-state index is 12.3. The molecule has 2 N–H and O–H groups in total. The van der Waals surface area contributed by atoms with Gasteiger partial charge in [-0.25, -0.2) is 0 Å². The van der Waals surface area contributed by atoms with E-state index in [1.54, 1.807) is 4.68 Å². The molecule has 2 rings (SSSR count). The lowest BCUT2D eigenvalue weighted by atomic mass is 10.2. The number of alkyl halides is 3. The van der Waals surface area contributed by atoms with Crippen molar-refractivity contribution in [3.8, 4) is 0 Å². The molecule has 0 amide bonds. The van der Waals surface area contributed by atoms with Crippen molar-refractivity contribution >= 4 is 0 Å². The number of halogens is 3. The molecule has 0 fully saturated rings. The number of hydrogen-bond donors (Lipinski definition) is 2. The zero-order valence-corrected chi connectivity index (χ0v) is 10.5. The third-order valence-corrected chi connectivity index (χ3v) is 2.67. The van der Waals surface area contributed by atoms with Crippen molar-refractivity contribution in [2.24, 2.45) is 7.05 Å². The Morgan fingerprint density at radius 2 is 2.11 bits per heavy atom. The highest BCUT2D eigenvalue weighted by Gasteiger charge is 2.33. The lowest BCUT2D eigenvalue weighted by molar-refractivity contribution is -0.141. The van der Waals surface area contributed by atoms with Crippen molar-refractivity contribution < 1.29 is 13.2 Å². The Kier molecular flexibility index (Phi) is 3.61. The molecule has 0 aliphatic heterocycles. The second-order valence-electron chi connectivity index (χ2n) is 4.29. The SMILES string of the molecule is Cc1nn(C)cc1CNCc1cc(C(F)(F)F)n[nH]1. The van der Waals surface area contributed by atoms with Crippen LogP contribution in [0.2, 0.25) is 0 Å². The summed E-state index contributed by atoms with van der Waals surface area (Å²) in [6, 6.07) is 1.00. The van der Waals surface area contributed by atoms with E-state index in [0.29, 0.717) is 12.2 Å². The van der Waals surface area contributed by atoms with Crippen molar-refractivity contribution in [1.29, 1.82) is 0 Å². The lowest BCUT2D eigenvalue weighted by Gasteiger charge is -2.01. The van der Waals surface area contributed by atoms with Crippen LogP contribution in [0.3, 0.4) is 0 Å². The molecular weight excluding hydrogens is 259 g/mol. The van der Waals surface area contributed by atoms with Gasteiger partial charge in [0.1, 0.15) is 0 Å². The van der Waals surface area contributed by atoms with Crippen LogP contribution in [0.4, 0.5) is 13.2 Å². The molecule has 2 aromatic rings. The molecule has 0 spiro atoms. The molecule has 0 saturated carbocycles. The van der Waals surface area contributed by atoms with E-state index in [9.17, 15) is 13.2 Å². The van der Waals surface area contributed by atoms with Crippen molar-refractivity contribution in [1.82, 2.24) is 25.3 Å². The summed E-state index contributed by atoms with van der Waals surface area (Å²) in [5, 5.41) is 12.8. The predicted octanol–water partition coefficient (Wildman–Crippen LogP) is 1.76. The first-order valence-electron chi connectivity index (χ1n) is 5.67. The number of aromatic amines is 1. The molecular formula is C11H14F3N5. The van der Waals surface area contributed by atoms with E-state index in [1.807, 2.05) is 20.2 Å². The first kappa shape index (κ1) is 13.6. The first-order valence-corrected chi connectivity index (χ1v) is 5.67. The molecule has 19 heavy (non-hydrogen) atoms. The van der Waals surface area contributed by atoms with Crippen LogP contribution >= 0.6 is 0 Å². The Morgan fingerprint density at radius 1 is 1.37 bits per heavy atom. The van der Waals surface area contributed by atoms with E-state index in [0.717, 1.165) is 17.3 Å². The van der Waals surface area contributed by atoms with Crippen LogP contribution in [0.25, 0.3) is 0 Å². The van der Waals surface area contributed by atoms with Gasteiger partial charge in [0, 0.05) is 37.6 Å². The van der Waals surface area contributed by atoms with E-state index < -0.39 is 11.9 Å². The molecule has 0 aliphatic rings. The quantitative estimate of drug-likeness (QED) is 0.892. The number of rotatable bonds is 4. The van der Waals surface area contributed by atoms with Gasteiger partial charge in [-0.1, -0.05) is 0 Å². The first-order chi connectivity index (χ1) is 8.86. The summed E-state index contributed by atoms with van der Waals surface area (Å²) in [7, 11) is 1.82. The van der Waals surface area contributed by atoms with Gasteiger partial charge in [-0.05, 0) is 13.0 Å². The number of H-pyrrole nitrogens is 1. The van der Waals surface area contributed by atoms with Gasteiger partial charge >= 0.3 is 6.18 Å². The number of aryl methyl sites for hydroxylation is 2. The van der Waals surface area contributed by atoms with Crippen LogP contribution in [0.1, 0.15) is 22.6 Å². The predicted molar refractivity (Wildman–Crippen MR) is 62.1 cm³/mol. The average molecular weight is 273 g/mol.